The van der Waals surface area contributed by atoms with Crippen molar-refractivity contribution in [1.29, 1.82) is 0 Å². The molecule has 0 bridgehead atoms. The Morgan fingerprint density at radius 1 is 1.10 bits per heavy atom. The first-order valence-corrected chi connectivity index (χ1v) is 6.77. The van der Waals surface area contributed by atoms with Crippen molar-refractivity contribution in [2.24, 2.45) is 5.92 Å². The maximum absolute atomic E-state index is 11.6. The van der Waals surface area contributed by atoms with E-state index < -0.39 is 5.97 Å². The second kappa shape index (κ2) is 8.19. The summed E-state index contributed by atoms with van der Waals surface area (Å²) in [6.07, 6.45) is 0.0562. The fourth-order valence-electron chi connectivity index (χ4n) is 1.84. The van der Waals surface area contributed by atoms with Gasteiger partial charge in [0.1, 0.15) is 0 Å². The Kier molecular flexibility index (Phi) is 6.56. The van der Waals surface area contributed by atoms with Gasteiger partial charge in [-0.3, -0.25) is 4.79 Å². The van der Waals surface area contributed by atoms with Crippen LogP contribution in [0.4, 0.5) is 4.79 Å². The van der Waals surface area contributed by atoms with E-state index in [4.69, 9.17) is 5.11 Å². The van der Waals surface area contributed by atoms with E-state index in [2.05, 4.69) is 10.6 Å². The van der Waals surface area contributed by atoms with E-state index in [0.717, 1.165) is 0 Å². The molecular weight excluding hydrogens is 256 g/mol. The molecule has 0 aliphatic heterocycles. The number of carboxylic acid groups (broad SMARTS) is 1. The van der Waals surface area contributed by atoms with Gasteiger partial charge in [-0.1, -0.05) is 44.2 Å². The highest BCUT2D eigenvalue weighted by molar-refractivity contribution is 5.74. The largest absolute Gasteiger partial charge is 0.481 e. The molecule has 1 aromatic carbocycles. The molecule has 2 amide bonds. The van der Waals surface area contributed by atoms with Gasteiger partial charge in [0.15, 0.2) is 0 Å². The molecule has 0 spiro atoms. The monoisotopic (exact) mass is 278 g/mol. The number of carbonyl (C=O) groups is 2. The van der Waals surface area contributed by atoms with Crippen LogP contribution in [0.3, 0.4) is 0 Å². The van der Waals surface area contributed by atoms with E-state index in [0.29, 0.717) is 13.1 Å². The quantitative estimate of drug-likeness (QED) is 0.715. The molecule has 0 saturated carbocycles. The van der Waals surface area contributed by atoms with Crippen LogP contribution >= 0.6 is 0 Å². The van der Waals surface area contributed by atoms with E-state index in [9.17, 15) is 9.59 Å². The minimum atomic E-state index is -0.850. The third kappa shape index (κ3) is 6.22. The van der Waals surface area contributed by atoms with Gasteiger partial charge in [0.05, 0.1) is 0 Å². The minimum Gasteiger partial charge on any atom is -0.481 e. The normalized spacial score (nSPS) is 13.3. The van der Waals surface area contributed by atoms with Gasteiger partial charge in [0, 0.05) is 19.5 Å². The summed E-state index contributed by atoms with van der Waals surface area (Å²) < 4.78 is 0. The molecule has 0 heterocycles. The Morgan fingerprint density at radius 2 is 1.70 bits per heavy atom. The number of nitrogens with one attached hydrogen (secondary N) is 2. The third-order valence-corrected chi connectivity index (χ3v) is 3.07. The molecule has 5 heteroatoms. The van der Waals surface area contributed by atoms with Crippen LogP contribution < -0.4 is 10.6 Å². The van der Waals surface area contributed by atoms with Crippen molar-refractivity contribution >= 4 is 12.0 Å². The lowest BCUT2D eigenvalue weighted by Crippen LogP contribution is -2.39. The molecule has 0 fully saturated rings. The molecule has 3 N–H and O–H groups in total. The zero-order valence-corrected chi connectivity index (χ0v) is 11.9. The lowest BCUT2D eigenvalue weighted by atomic mass is 10.0. The first-order chi connectivity index (χ1) is 9.49. The second-order valence-corrected chi connectivity index (χ2v) is 5.11. The summed E-state index contributed by atoms with van der Waals surface area (Å²) in [5.41, 5.74) is 1.17. The van der Waals surface area contributed by atoms with Crippen molar-refractivity contribution in [2.45, 2.75) is 26.2 Å². The summed E-state index contributed by atoms with van der Waals surface area (Å²) in [6.45, 7) is 4.74. The second-order valence-electron chi connectivity index (χ2n) is 5.11. The van der Waals surface area contributed by atoms with Crippen molar-refractivity contribution < 1.29 is 14.7 Å². The predicted molar refractivity (Wildman–Crippen MR) is 77.7 cm³/mol. The molecule has 1 aromatic rings. The summed E-state index contributed by atoms with van der Waals surface area (Å²) in [7, 11) is 0. The predicted octanol–water partition coefficient (Wildman–Crippen LogP) is 2.20. The van der Waals surface area contributed by atoms with Crippen LogP contribution in [0.25, 0.3) is 0 Å². The van der Waals surface area contributed by atoms with Gasteiger partial charge in [-0.15, -0.1) is 0 Å². The number of benzene rings is 1. The Labute approximate surface area is 119 Å². The summed E-state index contributed by atoms with van der Waals surface area (Å²) >= 11 is 0. The van der Waals surface area contributed by atoms with Crippen molar-refractivity contribution in [3.05, 3.63) is 35.9 Å². The van der Waals surface area contributed by atoms with Crippen LogP contribution in [0.15, 0.2) is 30.3 Å². The van der Waals surface area contributed by atoms with Crippen LogP contribution in [0, 0.1) is 5.92 Å². The average molecular weight is 278 g/mol. The third-order valence-electron chi connectivity index (χ3n) is 3.07. The van der Waals surface area contributed by atoms with Crippen LogP contribution in [0.2, 0.25) is 0 Å². The molecule has 20 heavy (non-hydrogen) atoms. The number of rotatable bonds is 7. The number of carbonyl (C=O) groups excluding carboxylic acids is 1. The number of amides is 2. The van der Waals surface area contributed by atoms with Gasteiger partial charge in [0.25, 0.3) is 0 Å². The Hall–Kier alpha value is -2.04. The lowest BCUT2D eigenvalue weighted by molar-refractivity contribution is -0.137. The van der Waals surface area contributed by atoms with E-state index >= 15 is 0 Å². The van der Waals surface area contributed by atoms with Gasteiger partial charge < -0.3 is 15.7 Å². The lowest BCUT2D eigenvalue weighted by Gasteiger charge is -2.15. The maximum atomic E-state index is 11.6. The molecule has 0 aliphatic carbocycles. The minimum absolute atomic E-state index is 0.0562. The van der Waals surface area contributed by atoms with Crippen molar-refractivity contribution in [3.63, 3.8) is 0 Å². The number of hydrogen-bond acceptors (Lipinski definition) is 2. The number of carboxylic acids is 1. The molecule has 5 nitrogen and oxygen atoms in total. The zero-order valence-electron chi connectivity index (χ0n) is 11.9. The summed E-state index contributed by atoms with van der Waals surface area (Å²) in [5, 5.41) is 14.1. The molecule has 2 atom stereocenters. The molecule has 0 radical (unpaired) electrons. The first kappa shape index (κ1) is 16.0. The number of urea groups is 1. The zero-order chi connectivity index (χ0) is 15.0. The van der Waals surface area contributed by atoms with E-state index in [1.807, 2.05) is 37.3 Å². The van der Waals surface area contributed by atoms with Crippen LogP contribution in [0.1, 0.15) is 31.7 Å². The molecule has 110 valence electrons. The van der Waals surface area contributed by atoms with Gasteiger partial charge in [0.2, 0.25) is 0 Å². The SMILES string of the molecule is CC(CNC(=O)NCC(C)c1ccccc1)CC(=O)O. The van der Waals surface area contributed by atoms with Crippen LogP contribution in [-0.2, 0) is 4.79 Å². The van der Waals surface area contributed by atoms with Gasteiger partial charge in [-0.25, -0.2) is 4.79 Å². The molecule has 1 rings (SSSR count). The highest BCUT2D eigenvalue weighted by Gasteiger charge is 2.10. The summed E-state index contributed by atoms with van der Waals surface area (Å²) in [6, 6.07) is 9.70. The van der Waals surface area contributed by atoms with Gasteiger partial charge >= 0.3 is 12.0 Å². The van der Waals surface area contributed by atoms with Crippen molar-refractivity contribution in [1.82, 2.24) is 10.6 Å². The molecule has 0 saturated heterocycles. The molecule has 0 aromatic heterocycles. The smallest absolute Gasteiger partial charge is 0.314 e. The highest BCUT2D eigenvalue weighted by atomic mass is 16.4. The standard InChI is InChI=1S/C15H22N2O3/c1-11(8-14(18)19)9-16-15(20)17-10-12(2)13-6-4-3-5-7-13/h3-7,11-12H,8-10H2,1-2H3,(H,18,19)(H2,16,17,20). The Bertz CT molecular complexity index is 434. The number of hydrogen-bond donors (Lipinski definition) is 3. The van der Waals surface area contributed by atoms with E-state index in [1.54, 1.807) is 6.92 Å². The average Bonchev–Trinajstić information content (AvgIpc) is 2.42. The van der Waals surface area contributed by atoms with Crippen LogP contribution in [-0.4, -0.2) is 30.2 Å². The molecular formula is C15H22N2O3. The molecule has 0 aliphatic rings. The summed E-state index contributed by atoms with van der Waals surface area (Å²) in [5.74, 6) is -0.694. The van der Waals surface area contributed by atoms with Gasteiger partial charge in [-0.2, -0.15) is 0 Å². The Morgan fingerprint density at radius 3 is 2.30 bits per heavy atom. The first-order valence-electron chi connectivity index (χ1n) is 6.77. The fourth-order valence-corrected chi connectivity index (χ4v) is 1.84. The topological polar surface area (TPSA) is 78.4 Å². The molecule has 2 unspecified atom stereocenters. The maximum Gasteiger partial charge on any atom is 0.314 e. The van der Waals surface area contributed by atoms with Crippen molar-refractivity contribution in [3.8, 4) is 0 Å². The summed E-state index contributed by atoms with van der Waals surface area (Å²) in [4.78, 5) is 22.1. The fraction of sp³-hybridized carbons (Fsp3) is 0.467. The van der Waals surface area contributed by atoms with E-state index in [1.165, 1.54) is 5.56 Å². The highest BCUT2D eigenvalue weighted by Crippen LogP contribution is 2.12. The number of aliphatic carboxylic acids is 1. The van der Waals surface area contributed by atoms with Crippen molar-refractivity contribution in [2.75, 3.05) is 13.1 Å². The van der Waals surface area contributed by atoms with E-state index in [-0.39, 0.29) is 24.3 Å². The van der Waals surface area contributed by atoms with Gasteiger partial charge in [-0.05, 0) is 17.4 Å². The van der Waals surface area contributed by atoms with Crippen LogP contribution in [0.5, 0.6) is 0 Å². The Balaban J connectivity index is 2.25.